The Morgan fingerprint density at radius 2 is 1.94 bits per heavy atom. The normalized spacial score (nSPS) is 18.1. The van der Waals surface area contributed by atoms with Crippen LogP contribution in [0, 0.1) is 5.41 Å². The highest BCUT2D eigenvalue weighted by Gasteiger charge is 2.27. The van der Waals surface area contributed by atoms with Crippen molar-refractivity contribution in [1.29, 1.82) is 0 Å². The maximum atomic E-state index is 13.0. The molecule has 0 radical (unpaired) electrons. The Labute approximate surface area is 212 Å². The van der Waals surface area contributed by atoms with E-state index in [2.05, 4.69) is 71.1 Å². The molecule has 1 fully saturated rings. The van der Waals surface area contributed by atoms with Crippen LogP contribution in [0.3, 0.4) is 0 Å². The molecule has 0 bridgehead atoms. The van der Waals surface area contributed by atoms with E-state index in [1.54, 1.807) is 24.5 Å². The molecular weight excluding hydrogens is 452 g/mol. The summed E-state index contributed by atoms with van der Waals surface area (Å²) in [5, 5.41) is 9.55. The van der Waals surface area contributed by atoms with Gasteiger partial charge in [0.05, 0.1) is 16.6 Å². The van der Waals surface area contributed by atoms with Gasteiger partial charge in [0.25, 0.3) is 5.91 Å². The van der Waals surface area contributed by atoms with Crippen molar-refractivity contribution in [3.8, 4) is 0 Å². The number of carbonyl (C=O) groups is 2. The first-order valence-electron chi connectivity index (χ1n) is 12.6. The number of imidazole rings is 1. The number of amides is 2. The van der Waals surface area contributed by atoms with Gasteiger partial charge in [-0.25, -0.2) is 4.98 Å². The molecule has 1 aliphatic carbocycles. The van der Waals surface area contributed by atoms with Gasteiger partial charge in [0.2, 0.25) is 11.9 Å². The Bertz CT molecular complexity index is 1220. The summed E-state index contributed by atoms with van der Waals surface area (Å²) in [6, 6.07) is 10.1. The molecule has 8 nitrogen and oxygen atoms in total. The van der Waals surface area contributed by atoms with Crippen LogP contribution in [0.1, 0.15) is 68.4 Å². The van der Waals surface area contributed by atoms with Gasteiger partial charge >= 0.3 is 0 Å². The van der Waals surface area contributed by atoms with Crippen LogP contribution in [0.15, 0.2) is 55.4 Å². The molecule has 0 saturated heterocycles. The SMILES string of the molecule is C=CC(=O)NC1CCC(n2c(NC(=O)c3cccnc3)nc3cc(CNCC(C)(C)C)ccc32)CC1. The lowest BCUT2D eigenvalue weighted by Crippen LogP contribution is -2.37. The Balaban J connectivity index is 1.59. The first-order valence-corrected chi connectivity index (χ1v) is 12.6. The Morgan fingerprint density at radius 1 is 1.17 bits per heavy atom. The molecule has 1 aromatic carbocycles. The topological polar surface area (TPSA) is 101 Å². The summed E-state index contributed by atoms with van der Waals surface area (Å²) in [6.07, 6.45) is 7.97. The quantitative estimate of drug-likeness (QED) is 0.402. The maximum Gasteiger partial charge on any atom is 0.259 e. The van der Waals surface area contributed by atoms with Crippen LogP contribution < -0.4 is 16.0 Å². The molecule has 36 heavy (non-hydrogen) atoms. The van der Waals surface area contributed by atoms with Gasteiger partial charge < -0.3 is 15.2 Å². The predicted molar refractivity (Wildman–Crippen MR) is 143 cm³/mol. The second-order valence-electron chi connectivity index (χ2n) is 10.7. The number of carbonyl (C=O) groups excluding carboxylic acids is 2. The standard InChI is InChI=1S/C28H36N6O2/c1-5-25(35)31-21-9-11-22(12-10-21)34-24-13-8-19(16-30-18-28(2,3)4)15-23(24)32-27(34)33-26(36)20-7-6-14-29-17-20/h5-8,13-15,17,21-22,30H,1,9-12,16,18H2,2-4H3,(H,31,35)(H,32,33,36). The van der Waals surface area contributed by atoms with Crippen LogP contribution in [0.25, 0.3) is 11.0 Å². The van der Waals surface area contributed by atoms with E-state index in [0.29, 0.717) is 11.5 Å². The highest BCUT2D eigenvalue weighted by Crippen LogP contribution is 2.35. The summed E-state index contributed by atoms with van der Waals surface area (Å²) >= 11 is 0. The first kappa shape index (κ1) is 25.6. The fourth-order valence-corrected chi connectivity index (χ4v) is 4.70. The van der Waals surface area contributed by atoms with E-state index >= 15 is 0 Å². The van der Waals surface area contributed by atoms with Crippen LogP contribution >= 0.6 is 0 Å². The molecule has 2 aromatic heterocycles. The Morgan fingerprint density at radius 3 is 2.61 bits per heavy atom. The molecule has 0 atom stereocenters. The summed E-state index contributed by atoms with van der Waals surface area (Å²) in [4.78, 5) is 33.6. The van der Waals surface area contributed by atoms with Crippen molar-refractivity contribution in [3.05, 3.63) is 66.5 Å². The molecule has 3 aromatic rings. The summed E-state index contributed by atoms with van der Waals surface area (Å²) in [5.41, 5.74) is 3.69. The van der Waals surface area contributed by atoms with E-state index in [1.165, 1.54) is 6.08 Å². The van der Waals surface area contributed by atoms with Gasteiger partial charge in [-0.2, -0.15) is 0 Å². The number of nitrogens with zero attached hydrogens (tertiary/aromatic N) is 3. The average molecular weight is 489 g/mol. The summed E-state index contributed by atoms with van der Waals surface area (Å²) < 4.78 is 2.15. The van der Waals surface area contributed by atoms with Crippen LogP contribution in [-0.4, -0.2) is 38.9 Å². The van der Waals surface area contributed by atoms with Crippen LogP contribution in [0.5, 0.6) is 0 Å². The molecule has 8 heteroatoms. The van der Waals surface area contributed by atoms with Crippen LogP contribution in [-0.2, 0) is 11.3 Å². The third kappa shape index (κ3) is 6.37. The lowest BCUT2D eigenvalue weighted by atomic mass is 9.90. The molecule has 2 heterocycles. The number of anilines is 1. The van der Waals surface area contributed by atoms with Crippen LogP contribution in [0.2, 0.25) is 0 Å². The number of hydrogen-bond acceptors (Lipinski definition) is 5. The fraction of sp³-hybridized carbons (Fsp3) is 0.429. The van der Waals surface area contributed by atoms with E-state index in [-0.39, 0.29) is 29.3 Å². The number of hydrogen-bond donors (Lipinski definition) is 3. The molecule has 1 saturated carbocycles. The molecule has 190 valence electrons. The maximum absolute atomic E-state index is 13.0. The lowest BCUT2D eigenvalue weighted by Gasteiger charge is -2.31. The van der Waals surface area contributed by atoms with E-state index in [4.69, 9.17) is 4.98 Å². The molecule has 0 unspecified atom stereocenters. The van der Waals surface area contributed by atoms with Gasteiger partial charge in [-0.1, -0.05) is 33.4 Å². The van der Waals surface area contributed by atoms with Gasteiger partial charge in [-0.05, 0) is 67.0 Å². The van der Waals surface area contributed by atoms with Gasteiger partial charge in [0, 0.05) is 37.6 Å². The molecular formula is C28H36N6O2. The van der Waals surface area contributed by atoms with Crippen molar-refractivity contribution in [1.82, 2.24) is 25.2 Å². The van der Waals surface area contributed by atoms with E-state index in [9.17, 15) is 9.59 Å². The number of rotatable bonds is 8. The van der Waals surface area contributed by atoms with Crippen molar-refractivity contribution in [3.63, 3.8) is 0 Å². The van der Waals surface area contributed by atoms with Gasteiger partial charge in [-0.15, -0.1) is 0 Å². The van der Waals surface area contributed by atoms with Crippen molar-refractivity contribution in [2.45, 2.75) is 65.1 Å². The zero-order chi connectivity index (χ0) is 25.7. The first-order chi connectivity index (χ1) is 17.2. The molecule has 3 N–H and O–H groups in total. The van der Waals surface area contributed by atoms with Gasteiger partial charge in [0.1, 0.15) is 0 Å². The molecule has 0 spiro atoms. The van der Waals surface area contributed by atoms with E-state index < -0.39 is 0 Å². The zero-order valence-corrected chi connectivity index (χ0v) is 21.4. The third-order valence-corrected chi connectivity index (χ3v) is 6.48. The largest absolute Gasteiger partial charge is 0.350 e. The summed E-state index contributed by atoms with van der Waals surface area (Å²) in [6.45, 7) is 11.8. The molecule has 2 amide bonds. The highest BCUT2D eigenvalue weighted by molar-refractivity contribution is 6.03. The molecule has 0 aliphatic heterocycles. The predicted octanol–water partition coefficient (Wildman–Crippen LogP) is 4.61. The monoisotopic (exact) mass is 488 g/mol. The number of pyridine rings is 1. The summed E-state index contributed by atoms with van der Waals surface area (Å²) in [5.74, 6) is 0.166. The second-order valence-corrected chi connectivity index (χ2v) is 10.7. The minimum Gasteiger partial charge on any atom is -0.350 e. The minimum atomic E-state index is -0.237. The number of aromatic nitrogens is 3. The van der Waals surface area contributed by atoms with Crippen molar-refractivity contribution in [2.24, 2.45) is 5.41 Å². The van der Waals surface area contributed by atoms with Crippen LogP contribution in [0.4, 0.5) is 5.95 Å². The molecule has 1 aliphatic rings. The minimum absolute atomic E-state index is 0.135. The second kappa shape index (κ2) is 11.0. The average Bonchev–Trinajstić information content (AvgIpc) is 3.21. The van der Waals surface area contributed by atoms with Gasteiger partial charge in [0.15, 0.2) is 0 Å². The van der Waals surface area contributed by atoms with Crippen molar-refractivity contribution >= 4 is 28.8 Å². The highest BCUT2D eigenvalue weighted by atomic mass is 16.2. The van der Waals surface area contributed by atoms with Crippen molar-refractivity contribution < 1.29 is 9.59 Å². The van der Waals surface area contributed by atoms with E-state index in [1.807, 2.05) is 0 Å². The lowest BCUT2D eigenvalue weighted by molar-refractivity contribution is -0.117. The Kier molecular flexibility index (Phi) is 7.84. The smallest absolute Gasteiger partial charge is 0.259 e. The third-order valence-electron chi connectivity index (χ3n) is 6.48. The molecule has 4 rings (SSSR count). The number of nitrogens with one attached hydrogen (secondary N) is 3. The van der Waals surface area contributed by atoms with Gasteiger partial charge in [-0.3, -0.25) is 19.9 Å². The number of fused-ring (bicyclic) bond motifs is 1. The summed E-state index contributed by atoms with van der Waals surface area (Å²) in [7, 11) is 0. The zero-order valence-electron chi connectivity index (χ0n) is 21.4. The van der Waals surface area contributed by atoms with E-state index in [0.717, 1.165) is 55.4 Å². The van der Waals surface area contributed by atoms with Crippen molar-refractivity contribution in [2.75, 3.05) is 11.9 Å². The Hall–Kier alpha value is -3.52. The fourth-order valence-electron chi connectivity index (χ4n) is 4.70. The number of benzene rings is 1.